The highest BCUT2D eigenvalue weighted by Gasteiger charge is 2.61. The molecule has 2 aliphatic heterocycles. The highest BCUT2D eigenvalue weighted by atomic mass is 35.5. The van der Waals surface area contributed by atoms with Crippen molar-refractivity contribution in [1.29, 1.82) is 0 Å². The van der Waals surface area contributed by atoms with E-state index < -0.39 is 10.8 Å². The molecule has 1 atom stereocenters. The third-order valence-electron chi connectivity index (χ3n) is 4.93. The van der Waals surface area contributed by atoms with E-state index in [0.29, 0.717) is 29.2 Å². The van der Waals surface area contributed by atoms with Gasteiger partial charge >= 0.3 is 0 Å². The van der Waals surface area contributed by atoms with Crippen LogP contribution in [0.1, 0.15) is 25.0 Å². The predicted molar refractivity (Wildman–Crippen MR) is 117 cm³/mol. The van der Waals surface area contributed by atoms with E-state index in [9.17, 15) is 14.4 Å². The van der Waals surface area contributed by atoms with Gasteiger partial charge in [0, 0.05) is 31.0 Å². The second kappa shape index (κ2) is 7.77. The van der Waals surface area contributed by atoms with E-state index in [1.54, 1.807) is 23.1 Å². The van der Waals surface area contributed by atoms with Crippen LogP contribution in [0.4, 0.5) is 5.69 Å². The Morgan fingerprint density at radius 2 is 1.90 bits per heavy atom. The number of rotatable bonds is 3. The fraction of sp³-hybridized carbons (Fsp3) is 0.238. The van der Waals surface area contributed by atoms with Crippen LogP contribution in [0, 0.1) is 0 Å². The van der Waals surface area contributed by atoms with Crippen LogP contribution in [-0.2, 0) is 25.7 Å². The smallest absolute Gasteiger partial charge is 0.270 e. The summed E-state index contributed by atoms with van der Waals surface area (Å²) < 4.78 is 0. The number of anilines is 1. The van der Waals surface area contributed by atoms with Gasteiger partial charge in [-0.3, -0.25) is 14.4 Å². The second-order valence-electron chi connectivity index (χ2n) is 7.02. The Bertz CT molecular complexity index is 1080. The van der Waals surface area contributed by atoms with Gasteiger partial charge in [0.25, 0.3) is 5.91 Å². The van der Waals surface area contributed by atoms with Gasteiger partial charge in [0.15, 0.2) is 5.17 Å². The maximum Gasteiger partial charge on any atom is 0.270 e. The van der Waals surface area contributed by atoms with Gasteiger partial charge in [0.05, 0.1) is 5.69 Å². The van der Waals surface area contributed by atoms with Gasteiger partial charge in [-0.1, -0.05) is 41.9 Å². The molecule has 3 amide bonds. The van der Waals surface area contributed by atoms with Gasteiger partial charge < -0.3 is 10.2 Å². The van der Waals surface area contributed by atoms with Crippen molar-refractivity contribution in [3.05, 3.63) is 64.7 Å². The molecule has 9 heteroatoms. The molecule has 0 aromatic heterocycles. The van der Waals surface area contributed by atoms with E-state index in [1.807, 2.05) is 30.3 Å². The summed E-state index contributed by atoms with van der Waals surface area (Å²) in [5.41, 5.74) is 2.36. The zero-order valence-electron chi connectivity index (χ0n) is 16.4. The van der Waals surface area contributed by atoms with Crippen molar-refractivity contribution < 1.29 is 14.4 Å². The van der Waals surface area contributed by atoms with Gasteiger partial charge in [0.2, 0.25) is 16.7 Å². The van der Waals surface area contributed by atoms with E-state index in [1.165, 1.54) is 13.8 Å². The minimum Gasteiger partial charge on any atom is -0.308 e. The molecule has 2 heterocycles. The molecule has 2 aromatic carbocycles. The Labute approximate surface area is 183 Å². The molecule has 1 N–H and O–H groups in total. The molecule has 4 rings (SSSR count). The molecule has 7 nitrogen and oxygen atoms in total. The highest BCUT2D eigenvalue weighted by Crippen LogP contribution is 2.54. The number of fused-ring (bicyclic) bond motifs is 2. The SMILES string of the molecule is CC(=O)NC1=NN(C(C)=O)C2(S1)C(=O)N(CCc1ccccc1)c1ccc(Cl)cc12. The first kappa shape index (κ1) is 20.4. The number of nitrogens with zero attached hydrogens (tertiary/aromatic N) is 3. The quantitative estimate of drug-likeness (QED) is 0.791. The Hall–Kier alpha value is -2.84. The van der Waals surface area contributed by atoms with Crippen LogP contribution in [0.25, 0.3) is 0 Å². The maximum absolute atomic E-state index is 13.7. The number of carbonyl (C=O) groups is 3. The monoisotopic (exact) mass is 442 g/mol. The molecule has 2 aromatic rings. The third kappa shape index (κ3) is 3.36. The van der Waals surface area contributed by atoms with E-state index in [4.69, 9.17) is 11.6 Å². The number of hydrogen-bond acceptors (Lipinski definition) is 5. The number of benzene rings is 2. The Morgan fingerprint density at radius 1 is 1.17 bits per heavy atom. The van der Waals surface area contributed by atoms with Crippen molar-refractivity contribution >= 4 is 51.9 Å². The molecule has 0 aliphatic carbocycles. The summed E-state index contributed by atoms with van der Waals surface area (Å²) in [4.78, 5) is 38.0. The number of hydrazone groups is 1. The minimum absolute atomic E-state index is 0.196. The minimum atomic E-state index is -1.43. The van der Waals surface area contributed by atoms with E-state index in [-0.39, 0.29) is 17.0 Å². The van der Waals surface area contributed by atoms with E-state index in [0.717, 1.165) is 22.3 Å². The topological polar surface area (TPSA) is 82.1 Å². The normalized spacial score (nSPS) is 19.8. The van der Waals surface area contributed by atoms with Gasteiger partial charge in [0.1, 0.15) is 0 Å². The summed E-state index contributed by atoms with van der Waals surface area (Å²) in [6.07, 6.45) is 0.648. The molecule has 0 bridgehead atoms. The number of amides is 3. The number of halogens is 1. The summed E-state index contributed by atoms with van der Waals surface area (Å²) in [5, 5.41) is 8.61. The maximum atomic E-state index is 13.7. The first-order chi connectivity index (χ1) is 14.3. The third-order valence-corrected chi connectivity index (χ3v) is 6.41. The molecule has 1 spiro atoms. The molecular formula is C21H19ClN4O3S. The van der Waals surface area contributed by atoms with Crippen molar-refractivity contribution in [3.8, 4) is 0 Å². The molecule has 0 saturated carbocycles. The van der Waals surface area contributed by atoms with Crippen molar-refractivity contribution in [2.45, 2.75) is 25.1 Å². The van der Waals surface area contributed by atoms with Gasteiger partial charge in [-0.05, 0) is 41.9 Å². The number of hydrogen-bond donors (Lipinski definition) is 1. The standard InChI is InChI=1S/C21H19ClN4O3S/c1-13(27)23-20-24-26(14(2)28)21(30-20)17-12-16(22)8-9-18(17)25(19(21)29)11-10-15-6-4-3-5-7-15/h3-9,12H,10-11H2,1-2H3,(H,23,24,27). The van der Waals surface area contributed by atoms with Crippen molar-refractivity contribution in [2.24, 2.45) is 5.10 Å². The van der Waals surface area contributed by atoms with Crippen molar-refractivity contribution in [1.82, 2.24) is 10.3 Å². The zero-order chi connectivity index (χ0) is 21.5. The van der Waals surface area contributed by atoms with Crippen LogP contribution in [0.3, 0.4) is 0 Å². The van der Waals surface area contributed by atoms with Gasteiger partial charge in [-0.15, -0.1) is 5.10 Å². The first-order valence-corrected chi connectivity index (χ1v) is 10.5. The first-order valence-electron chi connectivity index (χ1n) is 9.35. The molecule has 0 saturated heterocycles. The molecule has 1 unspecified atom stereocenters. The van der Waals surface area contributed by atoms with Crippen LogP contribution in [0.15, 0.2) is 53.6 Å². The zero-order valence-corrected chi connectivity index (χ0v) is 18.0. The van der Waals surface area contributed by atoms with Crippen molar-refractivity contribution in [3.63, 3.8) is 0 Å². The molecule has 30 heavy (non-hydrogen) atoms. The summed E-state index contributed by atoms with van der Waals surface area (Å²) in [6.45, 7) is 3.12. The molecule has 154 valence electrons. The second-order valence-corrected chi connectivity index (χ2v) is 8.64. The Morgan fingerprint density at radius 3 is 2.57 bits per heavy atom. The average molecular weight is 443 g/mol. The molecule has 0 radical (unpaired) electrons. The molecular weight excluding hydrogens is 424 g/mol. The summed E-state index contributed by atoms with van der Waals surface area (Å²) >= 11 is 7.30. The van der Waals surface area contributed by atoms with Gasteiger partial charge in [-0.25, -0.2) is 0 Å². The lowest BCUT2D eigenvalue weighted by atomic mass is 10.1. The van der Waals surface area contributed by atoms with Crippen LogP contribution >= 0.6 is 23.4 Å². The fourth-order valence-electron chi connectivity index (χ4n) is 3.69. The lowest BCUT2D eigenvalue weighted by Gasteiger charge is -2.29. The Kier molecular flexibility index (Phi) is 5.29. The highest BCUT2D eigenvalue weighted by molar-refractivity contribution is 8.15. The average Bonchev–Trinajstić information content (AvgIpc) is 3.18. The lowest BCUT2D eigenvalue weighted by molar-refractivity contribution is -0.139. The molecule has 2 aliphatic rings. The van der Waals surface area contributed by atoms with E-state index in [2.05, 4.69) is 10.4 Å². The van der Waals surface area contributed by atoms with Crippen LogP contribution in [0.5, 0.6) is 0 Å². The Balaban J connectivity index is 1.75. The van der Waals surface area contributed by atoms with Crippen molar-refractivity contribution in [2.75, 3.05) is 11.4 Å². The number of thioether (sulfide) groups is 1. The lowest BCUT2D eigenvalue weighted by Crippen LogP contribution is -2.48. The summed E-state index contributed by atoms with van der Waals surface area (Å²) in [5.74, 6) is -1.04. The van der Waals surface area contributed by atoms with Gasteiger partial charge in [-0.2, -0.15) is 5.01 Å². The summed E-state index contributed by atoms with van der Waals surface area (Å²) in [7, 11) is 0. The summed E-state index contributed by atoms with van der Waals surface area (Å²) in [6, 6.07) is 15.0. The molecule has 0 fully saturated rings. The van der Waals surface area contributed by atoms with Crippen LogP contribution in [-0.4, -0.2) is 34.4 Å². The number of nitrogens with one attached hydrogen (secondary N) is 1. The fourth-order valence-corrected chi connectivity index (χ4v) is 5.19. The van der Waals surface area contributed by atoms with Crippen LogP contribution in [0.2, 0.25) is 5.02 Å². The van der Waals surface area contributed by atoms with E-state index >= 15 is 0 Å². The predicted octanol–water partition coefficient (Wildman–Crippen LogP) is 3.08. The number of amidine groups is 1. The van der Waals surface area contributed by atoms with Crippen LogP contribution < -0.4 is 10.2 Å². The largest absolute Gasteiger partial charge is 0.308 e. The number of carbonyl (C=O) groups excluding carboxylic acids is 3.